The summed E-state index contributed by atoms with van der Waals surface area (Å²) in [5, 5.41) is 4.58. The molecular formula is C23H16Cl2N2O3. The van der Waals surface area contributed by atoms with Gasteiger partial charge in [-0.3, -0.25) is 9.59 Å². The Morgan fingerprint density at radius 2 is 1.60 bits per heavy atom. The molecule has 1 amide bonds. The molecule has 4 rings (SSSR count). The topological polar surface area (TPSA) is 71.2 Å². The number of hydrogen-bond donors (Lipinski definition) is 2. The predicted molar refractivity (Wildman–Crippen MR) is 119 cm³/mol. The number of aromatic amines is 1. The molecule has 5 nitrogen and oxygen atoms in total. The number of ether oxygens (including phenoxy) is 1. The molecule has 0 unspecified atom stereocenters. The number of ketones is 1. The minimum Gasteiger partial charge on any atom is -0.484 e. The minimum atomic E-state index is -0.400. The lowest BCUT2D eigenvalue weighted by Gasteiger charge is -2.09. The molecule has 0 saturated heterocycles. The Morgan fingerprint density at radius 3 is 2.33 bits per heavy atom. The van der Waals surface area contributed by atoms with Crippen molar-refractivity contribution in [3.63, 3.8) is 0 Å². The van der Waals surface area contributed by atoms with Crippen LogP contribution in [0.4, 0.5) is 5.69 Å². The number of halogens is 2. The summed E-state index contributed by atoms with van der Waals surface area (Å²) in [5.74, 6) is -0.124. The standard InChI is InChI=1S/C23H16Cl2N2O3/c24-15-6-9-17(10-7-15)30-13-20(28)27-21-18-11-8-16(25)12-19(18)26-22(21)23(29)14-4-2-1-3-5-14/h1-12,26H,13H2,(H,27,28). The molecule has 2 N–H and O–H groups in total. The second kappa shape index (κ2) is 8.61. The third-order valence-electron chi connectivity index (χ3n) is 4.47. The van der Waals surface area contributed by atoms with Gasteiger partial charge < -0.3 is 15.0 Å². The van der Waals surface area contributed by atoms with Crippen LogP contribution < -0.4 is 10.1 Å². The summed E-state index contributed by atoms with van der Waals surface area (Å²) in [4.78, 5) is 28.7. The normalized spacial score (nSPS) is 10.7. The van der Waals surface area contributed by atoms with E-state index in [-0.39, 0.29) is 18.1 Å². The van der Waals surface area contributed by atoms with Gasteiger partial charge in [-0.05, 0) is 42.5 Å². The predicted octanol–water partition coefficient (Wildman–Crippen LogP) is 5.72. The van der Waals surface area contributed by atoms with Gasteiger partial charge in [0.2, 0.25) is 5.78 Å². The summed E-state index contributed by atoms with van der Waals surface area (Å²) in [5.41, 5.74) is 1.82. The lowest BCUT2D eigenvalue weighted by molar-refractivity contribution is -0.118. The molecule has 0 saturated carbocycles. The summed E-state index contributed by atoms with van der Waals surface area (Å²) < 4.78 is 5.50. The first-order valence-electron chi connectivity index (χ1n) is 9.10. The lowest BCUT2D eigenvalue weighted by atomic mass is 10.1. The first-order valence-corrected chi connectivity index (χ1v) is 9.86. The zero-order valence-electron chi connectivity index (χ0n) is 15.6. The molecule has 0 aliphatic heterocycles. The maximum absolute atomic E-state index is 13.1. The Kier molecular flexibility index (Phi) is 5.74. The Bertz CT molecular complexity index is 1220. The molecule has 150 valence electrons. The lowest BCUT2D eigenvalue weighted by Crippen LogP contribution is -2.21. The Morgan fingerprint density at radius 1 is 0.900 bits per heavy atom. The van der Waals surface area contributed by atoms with Crippen LogP contribution in [-0.2, 0) is 4.79 Å². The van der Waals surface area contributed by atoms with Crippen molar-refractivity contribution < 1.29 is 14.3 Å². The van der Waals surface area contributed by atoms with Crippen LogP contribution >= 0.6 is 23.2 Å². The van der Waals surface area contributed by atoms with Crippen LogP contribution in [0, 0.1) is 0 Å². The number of anilines is 1. The average Bonchev–Trinajstić information content (AvgIpc) is 3.10. The van der Waals surface area contributed by atoms with Crippen molar-refractivity contribution in [3.8, 4) is 5.75 Å². The van der Waals surface area contributed by atoms with Crippen LogP contribution in [-0.4, -0.2) is 23.3 Å². The van der Waals surface area contributed by atoms with Crippen molar-refractivity contribution in [3.05, 3.63) is 94.1 Å². The summed E-state index contributed by atoms with van der Waals surface area (Å²) in [6.45, 7) is -0.221. The van der Waals surface area contributed by atoms with Gasteiger partial charge in [-0.15, -0.1) is 0 Å². The molecule has 1 heterocycles. The highest BCUT2D eigenvalue weighted by molar-refractivity contribution is 6.31. The monoisotopic (exact) mass is 438 g/mol. The number of benzene rings is 3. The van der Waals surface area contributed by atoms with Crippen molar-refractivity contribution >= 4 is 51.5 Å². The second-order valence-corrected chi connectivity index (χ2v) is 7.42. The number of hydrogen-bond acceptors (Lipinski definition) is 3. The summed E-state index contributed by atoms with van der Waals surface area (Å²) in [6, 6.07) is 20.7. The van der Waals surface area contributed by atoms with E-state index in [2.05, 4.69) is 10.3 Å². The van der Waals surface area contributed by atoms with Crippen molar-refractivity contribution in [2.24, 2.45) is 0 Å². The van der Waals surface area contributed by atoms with Crippen molar-refractivity contribution in [2.45, 2.75) is 0 Å². The third-order valence-corrected chi connectivity index (χ3v) is 4.96. The number of fused-ring (bicyclic) bond motifs is 1. The average molecular weight is 439 g/mol. The number of aromatic nitrogens is 1. The van der Waals surface area contributed by atoms with E-state index in [0.29, 0.717) is 37.9 Å². The van der Waals surface area contributed by atoms with Gasteiger partial charge in [-0.1, -0.05) is 53.5 Å². The van der Waals surface area contributed by atoms with Crippen molar-refractivity contribution in [1.82, 2.24) is 4.98 Å². The fraction of sp³-hybridized carbons (Fsp3) is 0.0435. The molecule has 1 aromatic heterocycles. The van der Waals surface area contributed by atoms with E-state index in [0.717, 1.165) is 0 Å². The third kappa shape index (κ3) is 4.32. The number of nitrogens with one attached hydrogen (secondary N) is 2. The van der Waals surface area contributed by atoms with Gasteiger partial charge >= 0.3 is 0 Å². The van der Waals surface area contributed by atoms with Crippen LogP contribution in [0.25, 0.3) is 10.9 Å². The summed E-state index contributed by atoms with van der Waals surface area (Å²) >= 11 is 11.9. The quantitative estimate of drug-likeness (QED) is 0.378. The maximum Gasteiger partial charge on any atom is 0.262 e. The van der Waals surface area contributed by atoms with E-state index < -0.39 is 5.91 Å². The zero-order valence-corrected chi connectivity index (χ0v) is 17.1. The van der Waals surface area contributed by atoms with Crippen LogP contribution in [0.5, 0.6) is 5.75 Å². The summed E-state index contributed by atoms with van der Waals surface area (Å²) in [7, 11) is 0. The number of amides is 1. The first-order chi connectivity index (χ1) is 14.5. The molecule has 0 radical (unpaired) electrons. The van der Waals surface area contributed by atoms with Gasteiger partial charge in [0.25, 0.3) is 5.91 Å². The molecule has 0 bridgehead atoms. The smallest absolute Gasteiger partial charge is 0.262 e. The Balaban J connectivity index is 1.62. The van der Waals surface area contributed by atoms with Gasteiger partial charge in [-0.25, -0.2) is 0 Å². The van der Waals surface area contributed by atoms with E-state index >= 15 is 0 Å². The van der Waals surface area contributed by atoms with Gasteiger partial charge in [0.05, 0.1) is 5.69 Å². The Labute approximate surface area is 182 Å². The van der Waals surface area contributed by atoms with E-state index in [1.807, 2.05) is 6.07 Å². The van der Waals surface area contributed by atoms with Crippen molar-refractivity contribution in [2.75, 3.05) is 11.9 Å². The molecular weight excluding hydrogens is 423 g/mol. The second-order valence-electron chi connectivity index (χ2n) is 6.55. The molecule has 0 fully saturated rings. The molecule has 3 aromatic carbocycles. The fourth-order valence-electron chi connectivity index (χ4n) is 3.06. The van der Waals surface area contributed by atoms with Gasteiger partial charge in [0.15, 0.2) is 6.61 Å². The van der Waals surface area contributed by atoms with Gasteiger partial charge in [0.1, 0.15) is 11.4 Å². The number of rotatable bonds is 6. The van der Waals surface area contributed by atoms with E-state index in [1.54, 1.807) is 66.7 Å². The van der Waals surface area contributed by atoms with E-state index in [1.165, 1.54) is 0 Å². The SMILES string of the molecule is O=C(COc1ccc(Cl)cc1)Nc1c(C(=O)c2ccccc2)[nH]c2cc(Cl)ccc12. The van der Waals surface area contributed by atoms with Crippen LogP contribution in [0.2, 0.25) is 10.0 Å². The molecule has 0 aliphatic carbocycles. The minimum absolute atomic E-state index is 0.221. The van der Waals surface area contributed by atoms with Gasteiger partial charge in [0, 0.05) is 26.5 Å². The molecule has 30 heavy (non-hydrogen) atoms. The van der Waals surface area contributed by atoms with Crippen LogP contribution in [0.1, 0.15) is 16.1 Å². The van der Waals surface area contributed by atoms with Crippen LogP contribution in [0.15, 0.2) is 72.8 Å². The summed E-state index contributed by atoms with van der Waals surface area (Å²) in [6.07, 6.45) is 0. The molecule has 0 atom stereocenters. The largest absolute Gasteiger partial charge is 0.484 e. The maximum atomic E-state index is 13.1. The molecule has 0 spiro atoms. The molecule has 4 aromatic rings. The highest BCUT2D eigenvalue weighted by Gasteiger charge is 2.21. The molecule has 7 heteroatoms. The highest BCUT2D eigenvalue weighted by Crippen LogP contribution is 2.31. The fourth-order valence-corrected chi connectivity index (χ4v) is 3.36. The van der Waals surface area contributed by atoms with Crippen molar-refractivity contribution in [1.29, 1.82) is 0 Å². The molecule has 0 aliphatic rings. The van der Waals surface area contributed by atoms with E-state index in [4.69, 9.17) is 27.9 Å². The number of carbonyl (C=O) groups excluding carboxylic acids is 2. The number of H-pyrrole nitrogens is 1. The Hall–Kier alpha value is -3.28. The van der Waals surface area contributed by atoms with Gasteiger partial charge in [-0.2, -0.15) is 0 Å². The van der Waals surface area contributed by atoms with E-state index in [9.17, 15) is 9.59 Å². The highest BCUT2D eigenvalue weighted by atomic mass is 35.5. The zero-order chi connectivity index (χ0) is 21.1. The first kappa shape index (κ1) is 20.0. The number of carbonyl (C=O) groups is 2. The van der Waals surface area contributed by atoms with Crippen LogP contribution in [0.3, 0.4) is 0 Å².